The number of rotatable bonds is 4. The number of amides is 3. The highest BCUT2D eigenvalue weighted by molar-refractivity contribution is 8.00. The molecule has 0 unspecified atom stereocenters. The van der Waals surface area contributed by atoms with E-state index in [0.29, 0.717) is 41.8 Å². The smallest absolute Gasteiger partial charge is 0.308 e. The number of benzene rings is 1. The van der Waals surface area contributed by atoms with Gasteiger partial charge in [0.15, 0.2) is 11.5 Å². The van der Waals surface area contributed by atoms with Crippen molar-refractivity contribution in [2.75, 3.05) is 33.4 Å². The van der Waals surface area contributed by atoms with Crippen LogP contribution in [0.25, 0.3) is 0 Å². The Morgan fingerprint density at radius 2 is 2.00 bits per heavy atom. The second kappa shape index (κ2) is 8.50. The van der Waals surface area contributed by atoms with Crippen molar-refractivity contribution >= 4 is 40.8 Å². The second-order valence-corrected chi connectivity index (χ2v) is 10.1. The Kier molecular flexibility index (Phi) is 5.67. The number of carbonyl (C=O) groups is 3. The number of aromatic hydroxyl groups is 1. The second-order valence-electron chi connectivity index (χ2n) is 7.94. The lowest BCUT2D eigenvalue weighted by molar-refractivity contribution is -0.136. The number of nitrogens with one attached hydrogen (secondary N) is 1. The Morgan fingerprint density at radius 1 is 1.24 bits per heavy atom. The van der Waals surface area contributed by atoms with Crippen molar-refractivity contribution in [3.63, 3.8) is 0 Å². The number of carbonyl (C=O) groups excluding carboxylic acids is 3. The molecule has 0 aliphatic carbocycles. The predicted molar refractivity (Wildman–Crippen MR) is 119 cm³/mol. The van der Waals surface area contributed by atoms with Gasteiger partial charge < -0.3 is 19.5 Å². The molecule has 12 heteroatoms. The van der Waals surface area contributed by atoms with Crippen LogP contribution < -0.4 is 14.9 Å². The first-order valence-corrected chi connectivity index (χ1v) is 12.1. The van der Waals surface area contributed by atoms with Crippen LogP contribution in [0.1, 0.15) is 16.4 Å². The lowest BCUT2D eigenvalue weighted by Crippen LogP contribution is -2.43. The number of morpholine rings is 1. The van der Waals surface area contributed by atoms with Crippen molar-refractivity contribution in [2.45, 2.75) is 22.7 Å². The topological polar surface area (TPSA) is 127 Å². The van der Waals surface area contributed by atoms with E-state index in [0.717, 1.165) is 23.1 Å². The third-order valence-corrected chi connectivity index (χ3v) is 8.72. The van der Waals surface area contributed by atoms with E-state index >= 15 is 0 Å². The molecule has 3 atom stereocenters. The fourth-order valence-corrected chi connectivity index (χ4v) is 7.21. The Bertz CT molecular complexity index is 1200. The summed E-state index contributed by atoms with van der Waals surface area (Å²) in [5.74, 6) is -2.16. The van der Waals surface area contributed by atoms with Gasteiger partial charge in [0.05, 0.1) is 31.3 Å². The molecular weight excluding hydrogens is 470 g/mol. The van der Waals surface area contributed by atoms with E-state index in [-0.39, 0.29) is 28.8 Å². The van der Waals surface area contributed by atoms with Crippen LogP contribution in [-0.2, 0) is 25.7 Å². The highest BCUT2D eigenvalue weighted by Gasteiger charge is 2.53. The van der Waals surface area contributed by atoms with E-state index in [1.54, 1.807) is 17.0 Å². The van der Waals surface area contributed by atoms with Crippen molar-refractivity contribution in [2.24, 2.45) is 5.92 Å². The van der Waals surface area contributed by atoms with Gasteiger partial charge in [-0.15, -0.1) is 0 Å². The highest BCUT2D eigenvalue weighted by Crippen LogP contribution is 2.52. The van der Waals surface area contributed by atoms with Crippen LogP contribution in [0.3, 0.4) is 0 Å². The molecule has 3 amide bonds. The maximum atomic E-state index is 13.0. The number of thioether (sulfide) groups is 1. The van der Waals surface area contributed by atoms with Gasteiger partial charge in [0.2, 0.25) is 17.7 Å². The van der Waals surface area contributed by atoms with Gasteiger partial charge in [-0.1, -0.05) is 29.2 Å². The summed E-state index contributed by atoms with van der Waals surface area (Å²) < 4.78 is 11.9. The number of fused-ring (bicyclic) bond motifs is 2. The minimum Gasteiger partial charge on any atom is -0.504 e. The van der Waals surface area contributed by atoms with E-state index in [1.165, 1.54) is 17.7 Å². The maximum Gasteiger partial charge on any atom is 0.308 e. The molecule has 4 heterocycles. The first-order chi connectivity index (χ1) is 15.9. The minimum atomic E-state index is -0.728. The van der Waals surface area contributed by atoms with Crippen molar-refractivity contribution in [3.8, 4) is 11.5 Å². The predicted octanol–water partition coefficient (Wildman–Crippen LogP) is 0.362. The number of ether oxygens (including phenoxy) is 2. The Hall–Kier alpha value is -2.83. The fourth-order valence-electron chi connectivity index (χ4n) is 4.47. The van der Waals surface area contributed by atoms with Crippen LogP contribution in [0.15, 0.2) is 28.0 Å². The van der Waals surface area contributed by atoms with Crippen LogP contribution >= 0.6 is 23.1 Å². The Morgan fingerprint density at radius 3 is 2.73 bits per heavy atom. The number of hydrogen-bond donors (Lipinski definition) is 2. The molecule has 174 valence electrons. The first-order valence-electron chi connectivity index (χ1n) is 10.4. The standard InChI is InChI=1S/C21H21N3O7S2/c1-30-12-8-10(2-3-11(12)25)14-15-16(19(28)22-18(15)27)32-20-17(14)33-21(29)24(20)9-13(26)23-4-6-31-7-5-23/h2-3,8,14-16,25H,4-7,9H2,1H3,(H,22,27,28)/t14-,15+,16-/m0/s1. The molecule has 1 aromatic carbocycles. The SMILES string of the molecule is COc1cc([C@@H]2c3sc(=O)n(CC(=O)N4CCOCC4)c3S[C@@H]3C(=O)NC(=O)[C@H]23)ccc1O. The number of methoxy groups -OCH3 is 1. The molecule has 2 saturated heterocycles. The van der Waals surface area contributed by atoms with Crippen molar-refractivity contribution in [3.05, 3.63) is 38.3 Å². The highest BCUT2D eigenvalue weighted by atomic mass is 32.2. The van der Waals surface area contributed by atoms with E-state index in [9.17, 15) is 24.3 Å². The van der Waals surface area contributed by atoms with Gasteiger partial charge in [-0.25, -0.2) is 0 Å². The average molecular weight is 492 g/mol. The van der Waals surface area contributed by atoms with Crippen LogP contribution in [0, 0.1) is 5.92 Å². The van der Waals surface area contributed by atoms with E-state index in [1.807, 2.05) is 0 Å². The molecule has 3 aliphatic rings. The van der Waals surface area contributed by atoms with Crippen LogP contribution in [0.5, 0.6) is 11.5 Å². The molecule has 0 saturated carbocycles. The third kappa shape index (κ3) is 3.71. The number of phenols is 1. The zero-order valence-corrected chi connectivity index (χ0v) is 19.2. The zero-order valence-electron chi connectivity index (χ0n) is 17.6. The van der Waals surface area contributed by atoms with Crippen LogP contribution in [0.4, 0.5) is 0 Å². The molecule has 1 aromatic heterocycles. The molecule has 0 radical (unpaired) electrons. The van der Waals surface area contributed by atoms with E-state index in [2.05, 4.69) is 5.32 Å². The monoisotopic (exact) mass is 491 g/mol. The van der Waals surface area contributed by atoms with Crippen molar-refractivity contribution in [1.82, 2.24) is 14.8 Å². The molecular formula is C21H21N3O7S2. The molecule has 0 bridgehead atoms. The molecule has 10 nitrogen and oxygen atoms in total. The van der Waals surface area contributed by atoms with Crippen molar-refractivity contribution in [1.29, 1.82) is 0 Å². The Labute approximate surface area is 196 Å². The lowest BCUT2D eigenvalue weighted by atomic mass is 9.83. The summed E-state index contributed by atoms with van der Waals surface area (Å²) in [4.78, 5) is 53.1. The first kappa shape index (κ1) is 22.0. The number of phenolic OH excluding ortho intramolecular Hbond substituents is 1. The quantitative estimate of drug-likeness (QED) is 0.587. The number of nitrogens with zero attached hydrogens (tertiary/aromatic N) is 2. The van der Waals surface area contributed by atoms with Gasteiger partial charge in [0.25, 0.3) is 0 Å². The maximum absolute atomic E-state index is 13.0. The van der Waals surface area contributed by atoms with Gasteiger partial charge in [0.1, 0.15) is 11.8 Å². The minimum absolute atomic E-state index is 0.0583. The van der Waals surface area contributed by atoms with Gasteiger partial charge in [-0.2, -0.15) is 0 Å². The Balaban J connectivity index is 1.58. The summed E-state index contributed by atoms with van der Waals surface area (Å²) in [6.07, 6.45) is 0. The summed E-state index contributed by atoms with van der Waals surface area (Å²) in [6.45, 7) is 1.69. The largest absolute Gasteiger partial charge is 0.504 e. The summed E-state index contributed by atoms with van der Waals surface area (Å²) in [7, 11) is 1.42. The fraction of sp³-hybridized carbons (Fsp3) is 0.429. The third-order valence-electron chi connectivity index (χ3n) is 6.11. The molecule has 3 aliphatic heterocycles. The van der Waals surface area contributed by atoms with Gasteiger partial charge >= 0.3 is 4.87 Å². The normalized spacial score (nSPS) is 24.3. The van der Waals surface area contributed by atoms with E-state index < -0.39 is 28.9 Å². The van der Waals surface area contributed by atoms with Gasteiger partial charge in [-0.3, -0.25) is 29.1 Å². The summed E-state index contributed by atoms with van der Waals surface area (Å²) in [5, 5.41) is 12.2. The van der Waals surface area contributed by atoms with Crippen LogP contribution in [0.2, 0.25) is 0 Å². The summed E-state index contributed by atoms with van der Waals surface area (Å²) in [5.41, 5.74) is 0.638. The van der Waals surface area contributed by atoms with E-state index in [4.69, 9.17) is 9.47 Å². The summed E-state index contributed by atoms with van der Waals surface area (Å²) >= 11 is 2.13. The lowest BCUT2D eigenvalue weighted by Gasteiger charge is -2.31. The molecule has 5 rings (SSSR count). The number of imide groups is 1. The summed E-state index contributed by atoms with van der Waals surface area (Å²) in [6, 6.07) is 4.73. The molecule has 33 heavy (non-hydrogen) atoms. The number of thiazole rings is 1. The number of hydrogen-bond acceptors (Lipinski definition) is 9. The average Bonchev–Trinajstić information content (AvgIpc) is 3.28. The number of aromatic nitrogens is 1. The molecule has 2 fully saturated rings. The zero-order chi connectivity index (χ0) is 23.3. The molecule has 0 spiro atoms. The molecule has 2 aromatic rings. The van der Waals surface area contributed by atoms with Gasteiger partial charge in [0, 0.05) is 23.9 Å². The molecule has 2 N–H and O–H groups in total. The van der Waals surface area contributed by atoms with Crippen LogP contribution in [-0.4, -0.2) is 71.0 Å². The van der Waals surface area contributed by atoms with Crippen molar-refractivity contribution < 1.29 is 29.0 Å². The van der Waals surface area contributed by atoms with Gasteiger partial charge in [-0.05, 0) is 17.7 Å².